The molecule has 1 atom stereocenters. The zero-order chi connectivity index (χ0) is 16.1. The third-order valence-electron chi connectivity index (χ3n) is 3.82. The second-order valence-electron chi connectivity index (χ2n) is 5.30. The number of nitrogens with one attached hydrogen (secondary N) is 2. The Labute approximate surface area is 128 Å². The zero-order valence-corrected chi connectivity index (χ0v) is 12.7. The number of nitrogens with zero attached hydrogens (tertiary/aromatic N) is 1. The van der Waals surface area contributed by atoms with Crippen molar-refractivity contribution in [3.05, 3.63) is 29.6 Å². The van der Waals surface area contributed by atoms with Gasteiger partial charge in [-0.1, -0.05) is 0 Å². The molecule has 0 radical (unpaired) electrons. The van der Waals surface area contributed by atoms with Crippen LogP contribution >= 0.6 is 0 Å². The Morgan fingerprint density at radius 1 is 1.45 bits per heavy atom. The first-order valence-electron chi connectivity index (χ1n) is 7.14. The van der Waals surface area contributed by atoms with E-state index in [0.29, 0.717) is 12.6 Å². The minimum absolute atomic E-state index is 0.0857. The summed E-state index contributed by atoms with van der Waals surface area (Å²) < 4.78 is 18.0. The van der Waals surface area contributed by atoms with Crippen molar-refractivity contribution in [1.29, 1.82) is 0 Å². The molecule has 1 aromatic rings. The first-order valence-corrected chi connectivity index (χ1v) is 7.14. The number of benzene rings is 1. The zero-order valence-electron chi connectivity index (χ0n) is 12.7. The normalized spacial score (nSPS) is 18.0. The van der Waals surface area contributed by atoms with Crippen LogP contribution in [-0.4, -0.2) is 50.2 Å². The summed E-state index contributed by atoms with van der Waals surface area (Å²) in [5, 5.41) is 5.07. The topological polar surface area (TPSA) is 70.7 Å². The molecule has 1 heterocycles. The number of likely N-dealkylation sites (N-methyl/N-ethyl adjacent to an activating group) is 1. The Morgan fingerprint density at radius 2 is 2.23 bits per heavy atom. The number of halogens is 1. The van der Waals surface area contributed by atoms with Gasteiger partial charge in [0.1, 0.15) is 5.82 Å². The van der Waals surface area contributed by atoms with Crippen molar-refractivity contribution in [2.24, 2.45) is 0 Å². The lowest BCUT2D eigenvalue weighted by molar-refractivity contribution is 0.0943. The number of hydrogen-bond donors (Lipinski definition) is 2. The molecule has 0 saturated carbocycles. The fourth-order valence-corrected chi connectivity index (χ4v) is 2.47. The SMILES string of the molecule is COC(=O)Nc1cc(C(=O)NC[C@H]2CCCN2C)ccc1F. The molecule has 22 heavy (non-hydrogen) atoms. The van der Waals surface area contributed by atoms with Gasteiger partial charge in [-0.2, -0.15) is 0 Å². The first kappa shape index (κ1) is 16.2. The van der Waals surface area contributed by atoms with Crippen molar-refractivity contribution in [1.82, 2.24) is 10.2 Å². The van der Waals surface area contributed by atoms with Gasteiger partial charge < -0.3 is 15.0 Å². The summed E-state index contributed by atoms with van der Waals surface area (Å²) in [7, 11) is 3.21. The molecule has 1 aliphatic heterocycles. The molecule has 120 valence electrons. The van der Waals surface area contributed by atoms with Crippen LogP contribution < -0.4 is 10.6 Å². The van der Waals surface area contributed by atoms with E-state index >= 15 is 0 Å². The lowest BCUT2D eigenvalue weighted by Gasteiger charge is -2.19. The molecule has 1 aromatic carbocycles. The van der Waals surface area contributed by atoms with Gasteiger partial charge in [-0.25, -0.2) is 9.18 Å². The van der Waals surface area contributed by atoms with Crippen molar-refractivity contribution < 1.29 is 18.7 Å². The Balaban J connectivity index is 2.00. The van der Waals surface area contributed by atoms with Gasteiger partial charge in [0.2, 0.25) is 0 Å². The van der Waals surface area contributed by atoms with Crippen molar-refractivity contribution >= 4 is 17.7 Å². The van der Waals surface area contributed by atoms with Crippen LogP contribution in [0.15, 0.2) is 18.2 Å². The van der Waals surface area contributed by atoms with Crippen LogP contribution in [0.2, 0.25) is 0 Å². The highest BCUT2D eigenvalue weighted by Crippen LogP contribution is 2.17. The molecule has 1 saturated heterocycles. The summed E-state index contributed by atoms with van der Waals surface area (Å²) >= 11 is 0. The van der Waals surface area contributed by atoms with Gasteiger partial charge >= 0.3 is 6.09 Å². The fourth-order valence-electron chi connectivity index (χ4n) is 2.47. The minimum Gasteiger partial charge on any atom is -0.453 e. The van der Waals surface area contributed by atoms with E-state index < -0.39 is 11.9 Å². The van der Waals surface area contributed by atoms with E-state index in [2.05, 4.69) is 20.3 Å². The van der Waals surface area contributed by atoms with Crippen LogP contribution in [0.5, 0.6) is 0 Å². The predicted molar refractivity (Wildman–Crippen MR) is 80.4 cm³/mol. The Hall–Kier alpha value is -2.15. The standard InChI is InChI=1S/C15H20FN3O3/c1-19-7-3-4-11(19)9-17-14(20)10-5-6-12(16)13(8-10)18-15(21)22-2/h5-6,8,11H,3-4,7,9H2,1-2H3,(H,17,20)(H,18,21)/t11-/m1/s1. The Bertz CT molecular complexity index is 565. The van der Waals surface area contributed by atoms with Gasteiger partial charge in [-0.15, -0.1) is 0 Å². The van der Waals surface area contributed by atoms with Crippen LogP contribution in [0.25, 0.3) is 0 Å². The molecule has 6 nitrogen and oxygen atoms in total. The van der Waals surface area contributed by atoms with Crippen LogP contribution in [0.3, 0.4) is 0 Å². The number of anilines is 1. The Morgan fingerprint density at radius 3 is 2.86 bits per heavy atom. The number of likely N-dealkylation sites (tertiary alicyclic amines) is 1. The molecule has 0 unspecified atom stereocenters. The van der Waals surface area contributed by atoms with Gasteiger partial charge in [0.05, 0.1) is 12.8 Å². The lowest BCUT2D eigenvalue weighted by Crippen LogP contribution is -2.38. The maximum absolute atomic E-state index is 13.6. The minimum atomic E-state index is -0.788. The van der Waals surface area contributed by atoms with Crippen LogP contribution in [0.1, 0.15) is 23.2 Å². The van der Waals surface area contributed by atoms with Gasteiger partial charge in [-0.05, 0) is 44.6 Å². The van der Waals surface area contributed by atoms with Gasteiger partial charge in [0, 0.05) is 18.2 Å². The van der Waals surface area contributed by atoms with E-state index in [1.807, 2.05) is 7.05 Å². The maximum Gasteiger partial charge on any atom is 0.411 e. The second-order valence-corrected chi connectivity index (χ2v) is 5.30. The van der Waals surface area contributed by atoms with E-state index in [1.54, 1.807) is 0 Å². The van der Waals surface area contributed by atoms with Gasteiger partial charge in [0.25, 0.3) is 5.91 Å². The summed E-state index contributed by atoms with van der Waals surface area (Å²) in [5.41, 5.74) is 0.200. The van der Waals surface area contributed by atoms with Crippen LogP contribution in [-0.2, 0) is 4.74 Å². The molecule has 7 heteroatoms. The average molecular weight is 309 g/mol. The molecule has 0 spiro atoms. The molecule has 1 fully saturated rings. The average Bonchev–Trinajstić information content (AvgIpc) is 2.92. The quantitative estimate of drug-likeness (QED) is 0.890. The first-order chi connectivity index (χ1) is 10.5. The van der Waals surface area contributed by atoms with E-state index in [0.717, 1.165) is 25.5 Å². The number of ether oxygens (including phenoxy) is 1. The van der Waals surface area contributed by atoms with Crippen LogP contribution in [0.4, 0.5) is 14.9 Å². The molecule has 0 aliphatic carbocycles. The molecule has 0 aromatic heterocycles. The molecular formula is C15H20FN3O3. The van der Waals surface area contributed by atoms with Gasteiger partial charge in [-0.3, -0.25) is 10.1 Å². The molecule has 0 bridgehead atoms. The smallest absolute Gasteiger partial charge is 0.411 e. The lowest BCUT2D eigenvalue weighted by atomic mass is 10.1. The number of amides is 2. The predicted octanol–water partition coefficient (Wildman–Crippen LogP) is 1.83. The molecule has 2 N–H and O–H groups in total. The van der Waals surface area contributed by atoms with E-state index in [4.69, 9.17) is 0 Å². The molecule has 2 amide bonds. The van der Waals surface area contributed by atoms with Crippen molar-refractivity contribution in [3.63, 3.8) is 0 Å². The largest absolute Gasteiger partial charge is 0.453 e. The molecule has 2 rings (SSSR count). The maximum atomic E-state index is 13.6. The number of rotatable bonds is 4. The number of methoxy groups -OCH3 is 1. The third-order valence-corrected chi connectivity index (χ3v) is 3.82. The Kier molecular flexibility index (Phi) is 5.32. The number of hydrogen-bond acceptors (Lipinski definition) is 4. The van der Waals surface area contributed by atoms with Crippen molar-refractivity contribution in [3.8, 4) is 0 Å². The monoisotopic (exact) mass is 309 g/mol. The number of carbonyl (C=O) groups is 2. The molecular weight excluding hydrogens is 289 g/mol. The highest BCUT2D eigenvalue weighted by Gasteiger charge is 2.21. The number of carbonyl (C=O) groups excluding carboxylic acids is 2. The second kappa shape index (κ2) is 7.22. The summed E-state index contributed by atoms with van der Waals surface area (Å²) in [6.07, 6.45) is 1.39. The van der Waals surface area contributed by atoms with E-state index in [1.165, 1.54) is 19.2 Å². The van der Waals surface area contributed by atoms with Gasteiger partial charge in [0.15, 0.2) is 0 Å². The fraction of sp³-hybridized carbons (Fsp3) is 0.467. The highest BCUT2D eigenvalue weighted by molar-refractivity contribution is 5.96. The summed E-state index contributed by atoms with van der Waals surface area (Å²) in [5.74, 6) is -0.925. The van der Waals surface area contributed by atoms with Crippen molar-refractivity contribution in [2.45, 2.75) is 18.9 Å². The van der Waals surface area contributed by atoms with E-state index in [9.17, 15) is 14.0 Å². The summed E-state index contributed by atoms with van der Waals surface area (Å²) in [4.78, 5) is 25.5. The van der Waals surface area contributed by atoms with Crippen molar-refractivity contribution in [2.75, 3.05) is 32.6 Å². The summed E-state index contributed by atoms with van der Waals surface area (Å²) in [6, 6.07) is 4.14. The van der Waals surface area contributed by atoms with E-state index in [-0.39, 0.29) is 17.2 Å². The summed E-state index contributed by atoms with van der Waals surface area (Å²) in [6.45, 7) is 1.58. The highest BCUT2D eigenvalue weighted by atomic mass is 19.1. The molecule has 1 aliphatic rings. The van der Waals surface area contributed by atoms with Crippen LogP contribution in [0, 0.1) is 5.82 Å². The third kappa shape index (κ3) is 3.94.